The molecule has 0 radical (unpaired) electrons. The van der Waals surface area contributed by atoms with Crippen LogP contribution in [0, 0.1) is 24.0 Å². The van der Waals surface area contributed by atoms with Crippen LogP contribution in [0.2, 0.25) is 0 Å². The molecule has 0 aliphatic carbocycles. The van der Waals surface area contributed by atoms with Crippen LogP contribution in [-0.2, 0) is 9.53 Å². The summed E-state index contributed by atoms with van der Waals surface area (Å²) in [5, 5.41) is 13.4. The highest BCUT2D eigenvalue weighted by Crippen LogP contribution is 2.23. The van der Waals surface area contributed by atoms with Gasteiger partial charge in [-0.2, -0.15) is 0 Å². The van der Waals surface area contributed by atoms with E-state index in [1.54, 1.807) is 25.1 Å². The first-order valence-corrected chi connectivity index (χ1v) is 7.62. The number of para-hydroxylation sites is 2. The Bertz CT molecular complexity index is 832. The number of hydrogen-bond acceptors (Lipinski definition) is 5. The molecule has 2 aromatic carbocycles. The van der Waals surface area contributed by atoms with E-state index in [0.29, 0.717) is 5.56 Å². The second-order valence-electron chi connectivity index (χ2n) is 5.63. The summed E-state index contributed by atoms with van der Waals surface area (Å²) in [4.78, 5) is 34.8. The molecule has 2 rings (SSSR count). The van der Waals surface area contributed by atoms with E-state index in [2.05, 4.69) is 5.32 Å². The molecule has 0 saturated carbocycles. The van der Waals surface area contributed by atoms with Gasteiger partial charge in [-0.3, -0.25) is 14.9 Å². The van der Waals surface area contributed by atoms with E-state index in [9.17, 15) is 19.7 Å². The van der Waals surface area contributed by atoms with Crippen LogP contribution in [0.5, 0.6) is 0 Å². The van der Waals surface area contributed by atoms with Crippen molar-refractivity contribution in [2.45, 2.75) is 26.9 Å². The molecule has 1 atom stereocenters. The van der Waals surface area contributed by atoms with Gasteiger partial charge in [0.05, 0.1) is 10.5 Å². The number of nitro benzene ring substituents is 1. The smallest absolute Gasteiger partial charge is 0.339 e. The summed E-state index contributed by atoms with van der Waals surface area (Å²) in [5.41, 5.74) is 1.94. The standard InChI is InChI=1S/C18H18N2O5/c1-11-8-9-14(12(2)10-11)18(22)25-13(3)17(21)19-15-6-4-5-7-16(15)20(23)24/h4-10,13H,1-3H3,(H,19,21)/t13-/m0/s1. The lowest BCUT2D eigenvalue weighted by molar-refractivity contribution is -0.383. The third-order valence-corrected chi connectivity index (χ3v) is 3.61. The number of rotatable bonds is 5. The van der Waals surface area contributed by atoms with E-state index in [1.807, 2.05) is 13.0 Å². The Morgan fingerprint density at radius 2 is 1.84 bits per heavy atom. The molecule has 1 amide bonds. The van der Waals surface area contributed by atoms with Crippen LogP contribution in [0.25, 0.3) is 0 Å². The molecule has 0 aliphatic rings. The van der Waals surface area contributed by atoms with E-state index in [-0.39, 0.29) is 11.4 Å². The minimum Gasteiger partial charge on any atom is -0.449 e. The lowest BCUT2D eigenvalue weighted by Gasteiger charge is -2.14. The molecule has 0 spiro atoms. The molecule has 7 heteroatoms. The number of amides is 1. The average Bonchev–Trinajstić information content (AvgIpc) is 2.54. The number of carbonyl (C=O) groups excluding carboxylic acids is 2. The van der Waals surface area contributed by atoms with Crippen molar-refractivity contribution in [2.75, 3.05) is 5.32 Å². The van der Waals surface area contributed by atoms with Crippen molar-refractivity contribution in [1.82, 2.24) is 0 Å². The Labute approximate surface area is 144 Å². The molecule has 1 N–H and O–H groups in total. The highest BCUT2D eigenvalue weighted by molar-refractivity contribution is 5.99. The number of nitro groups is 1. The van der Waals surface area contributed by atoms with E-state index < -0.39 is 22.9 Å². The zero-order chi connectivity index (χ0) is 18.6. The highest BCUT2D eigenvalue weighted by Gasteiger charge is 2.22. The highest BCUT2D eigenvalue weighted by atomic mass is 16.6. The van der Waals surface area contributed by atoms with Gasteiger partial charge in [0.15, 0.2) is 6.10 Å². The number of nitrogens with one attached hydrogen (secondary N) is 1. The van der Waals surface area contributed by atoms with Crippen molar-refractivity contribution in [3.63, 3.8) is 0 Å². The summed E-state index contributed by atoms with van der Waals surface area (Å²) < 4.78 is 5.17. The quantitative estimate of drug-likeness (QED) is 0.510. The van der Waals surface area contributed by atoms with Gasteiger partial charge in [-0.1, -0.05) is 29.8 Å². The summed E-state index contributed by atoms with van der Waals surface area (Å²) in [6, 6.07) is 11.0. The Hall–Kier alpha value is -3.22. The number of benzene rings is 2. The number of nitrogens with zero attached hydrogens (tertiary/aromatic N) is 1. The van der Waals surface area contributed by atoms with Crippen molar-refractivity contribution in [1.29, 1.82) is 0 Å². The first kappa shape index (κ1) is 18.1. The molecule has 130 valence electrons. The van der Waals surface area contributed by atoms with Crippen LogP contribution < -0.4 is 5.32 Å². The fourth-order valence-electron chi connectivity index (χ4n) is 2.29. The third-order valence-electron chi connectivity index (χ3n) is 3.61. The third kappa shape index (κ3) is 4.41. The number of esters is 1. The molecule has 7 nitrogen and oxygen atoms in total. The molecule has 0 heterocycles. The lowest BCUT2D eigenvalue weighted by Crippen LogP contribution is -2.30. The predicted octanol–water partition coefficient (Wildman–Crippen LogP) is 3.40. The minimum atomic E-state index is -1.10. The molecule has 0 bridgehead atoms. The second-order valence-corrected chi connectivity index (χ2v) is 5.63. The molecule has 0 unspecified atom stereocenters. The summed E-state index contributed by atoms with van der Waals surface area (Å²) in [5.74, 6) is -1.27. The van der Waals surface area contributed by atoms with Crippen LogP contribution in [0.4, 0.5) is 11.4 Å². The van der Waals surface area contributed by atoms with Crippen molar-refractivity contribution in [2.24, 2.45) is 0 Å². The summed E-state index contributed by atoms with van der Waals surface area (Å²) in [6.45, 7) is 5.10. The molecular formula is C18H18N2O5. The van der Waals surface area contributed by atoms with Crippen LogP contribution in [0.1, 0.15) is 28.4 Å². The van der Waals surface area contributed by atoms with Crippen LogP contribution in [-0.4, -0.2) is 22.9 Å². The Morgan fingerprint density at radius 3 is 2.48 bits per heavy atom. The fourth-order valence-corrected chi connectivity index (χ4v) is 2.29. The zero-order valence-electron chi connectivity index (χ0n) is 14.1. The Kier molecular flexibility index (Phi) is 5.49. The molecule has 0 aromatic heterocycles. The van der Waals surface area contributed by atoms with Crippen molar-refractivity contribution < 1.29 is 19.2 Å². The number of aryl methyl sites for hydroxylation is 2. The normalized spacial score (nSPS) is 11.5. The molecule has 0 fully saturated rings. The van der Waals surface area contributed by atoms with E-state index >= 15 is 0 Å². The monoisotopic (exact) mass is 342 g/mol. The summed E-state index contributed by atoms with van der Waals surface area (Å²) in [6.07, 6.45) is -1.10. The first-order valence-electron chi connectivity index (χ1n) is 7.62. The van der Waals surface area contributed by atoms with Gasteiger partial charge < -0.3 is 10.1 Å². The number of carbonyl (C=O) groups is 2. The van der Waals surface area contributed by atoms with Crippen molar-refractivity contribution in [3.05, 3.63) is 69.3 Å². The molecule has 0 saturated heterocycles. The van der Waals surface area contributed by atoms with E-state index in [1.165, 1.54) is 25.1 Å². The topological polar surface area (TPSA) is 98.5 Å². The summed E-state index contributed by atoms with van der Waals surface area (Å²) >= 11 is 0. The van der Waals surface area contributed by atoms with Gasteiger partial charge >= 0.3 is 5.97 Å². The van der Waals surface area contributed by atoms with E-state index in [0.717, 1.165) is 11.1 Å². The first-order chi connectivity index (χ1) is 11.8. The van der Waals surface area contributed by atoms with Gasteiger partial charge in [0.1, 0.15) is 5.69 Å². The lowest BCUT2D eigenvalue weighted by atomic mass is 10.1. The van der Waals surface area contributed by atoms with Gasteiger partial charge in [-0.15, -0.1) is 0 Å². The van der Waals surface area contributed by atoms with Crippen LogP contribution >= 0.6 is 0 Å². The number of ether oxygens (including phenoxy) is 1. The van der Waals surface area contributed by atoms with Crippen LogP contribution in [0.3, 0.4) is 0 Å². The van der Waals surface area contributed by atoms with Gasteiger partial charge in [0.2, 0.25) is 0 Å². The van der Waals surface area contributed by atoms with Crippen LogP contribution in [0.15, 0.2) is 42.5 Å². The largest absolute Gasteiger partial charge is 0.449 e. The fraction of sp³-hybridized carbons (Fsp3) is 0.222. The molecule has 2 aromatic rings. The average molecular weight is 342 g/mol. The SMILES string of the molecule is Cc1ccc(C(=O)O[C@@H](C)C(=O)Nc2ccccc2[N+](=O)[O-])c(C)c1. The number of anilines is 1. The molecule has 25 heavy (non-hydrogen) atoms. The maximum Gasteiger partial charge on any atom is 0.339 e. The predicted molar refractivity (Wildman–Crippen MR) is 92.5 cm³/mol. The van der Waals surface area contributed by atoms with E-state index in [4.69, 9.17) is 4.74 Å². The Balaban J connectivity index is 2.08. The number of hydrogen-bond donors (Lipinski definition) is 1. The van der Waals surface area contributed by atoms with Gasteiger partial charge in [-0.05, 0) is 38.5 Å². The van der Waals surface area contributed by atoms with Crippen molar-refractivity contribution >= 4 is 23.3 Å². The van der Waals surface area contributed by atoms with Gasteiger partial charge in [0.25, 0.3) is 11.6 Å². The van der Waals surface area contributed by atoms with Gasteiger partial charge in [-0.25, -0.2) is 4.79 Å². The van der Waals surface area contributed by atoms with Gasteiger partial charge in [0, 0.05) is 6.07 Å². The maximum atomic E-state index is 12.2. The molecular weight excluding hydrogens is 324 g/mol. The second kappa shape index (κ2) is 7.57. The Morgan fingerprint density at radius 1 is 1.16 bits per heavy atom. The minimum absolute atomic E-state index is 0.0481. The summed E-state index contributed by atoms with van der Waals surface area (Å²) in [7, 11) is 0. The maximum absolute atomic E-state index is 12.2. The van der Waals surface area contributed by atoms with Crippen molar-refractivity contribution in [3.8, 4) is 0 Å². The zero-order valence-corrected chi connectivity index (χ0v) is 14.1. The molecule has 0 aliphatic heterocycles.